The van der Waals surface area contributed by atoms with Crippen LogP contribution in [0.15, 0.2) is 18.2 Å². The molecule has 0 atom stereocenters. The standard InChI is InChI=1S/C12H14F2O/c1-12(2,3)7-10(15)11-8(13)5-4-6-9(11)14/h4-6H,7H2,1-3H3. The van der Waals surface area contributed by atoms with E-state index >= 15 is 0 Å². The highest BCUT2D eigenvalue weighted by Gasteiger charge is 2.22. The number of ketones is 1. The maximum atomic E-state index is 13.2. The lowest BCUT2D eigenvalue weighted by atomic mass is 9.87. The average Bonchev–Trinajstić information content (AvgIpc) is 1.99. The van der Waals surface area contributed by atoms with Crippen molar-refractivity contribution >= 4 is 5.78 Å². The highest BCUT2D eigenvalue weighted by molar-refractivity contribution is 5.96. The van der Waals surface area contributed by atoms with Gasteiger partial charge in [-0.2, -0.15) is 0 Å². The fourth-order valence-electron chi connectivity index (χ4n) is 1.33. The normalized spacial score (nSPS) is 11.5. The fourth-order valence-corrected chi connectivity index (χ4v) is 1.33. The molecule has 3 heteroatoms. The van der Waals surface area contributed by atoms with Crippen molar-refractivity contribution < 1.29 is 13.6 Å². The Kier molecular flexibility index (Phi) is 3.22. The summed E-state index contributed by atoms with van der Waals surface area (Å²) in [5.41, 5.74) is -0.696. The molecule has 1 aromatic rings. The molecule has 82 valence electrons. The summed E-state index contributed by atoms with van der Waals surface area (Å²) in [6.45, 7) is 5.55. The van der Waals surface area contributed by atoms with Crippen molar-refractivity contribution in [3.63, 3.8) is 0 Å². The molecule has 0 aliphatic carbocycles. The predicted molar refractivity (Wildman–Crippen MR) is 54.8 cm³/mol. The minimum atomic E-state index is -0.788. The summed E-state index contributed by atoms with van der Waals surface area (Å²) in [7, 11) is 0. The van der Waals surface area contributed by atoms with Crippen molar-refractivity contribution in [3.8, 4) is 0 Å². The molecule has 0 N–H and O–H groups in total. The summed E-state index contributed by atoms with van der Waals surface area (Å²) in [5.74, 6) is -2.06. The van der Waals surface area contributed by atoms with Crippen LogP contribution in [0.5, 0.6) is 0 Å². The molecule has 0 bridgehead atoms. The first-order chi connectivity index (χ1) is 6.81. The number of hydrogen-bond acceptors (Lipinski definition) is 1. The van der Waals surface area contributed by atoms with Gasteiger partial charge in [-0.3, -0.25) is 4.79 Å². The van der Waals surface area contributed by atoms with Crippen LogP contribution < -0.4 is 0 Å². The van der Waals surface area contributed by atoms with E-state index < -0.39 is 23.0 Å². The molecule has 0 saturated heterocycles. The molecule has 1 rings (SSSR count). The zero-order chi connectivity index (χ0) is 11.6. The maximum absolute atomic E-state index is 13.2. The van der Waals surface area contributed by atoms with Crippen LogP contribution in [0.25, 0.3) is 0 Å². The predicted octanol–water partition coefficient (Wildman–Crippen LogP) is 3.58. The third kappa shape index (κ3) is 3.11. The zero-order valence-electron chi connectivity index (χ0n) is 9.10. The van der Waals surface area contributed by atoms with Gasteiger partial charge in [0.15, 0.2) is 5.78 Å². The molecule has 0 fully saturated rings. The van der Waals surface area contributed by atoms with E-state index in [0.29, 0.717) is 0 Å². The van der Waals surface area contributed by atoms with E-state index in [0.717, 1.165) is 12.1 Å². The molecule has 0 amide bonds. The van der Waals surface area contributed by atoms with Crippen LogP contribution >= 0.6 is 0 Å². The van der Waals surface area contributed by atoms with Gasteiger partial charge in [-0.25, -0.2) is 8.78 Å². The fraction of sp³-hybridized carbons (Fsp3) is 0.417. The molecule has 0 heterocycles. The van der Waals surface area contributed by atoms with Gasteiger partial charge in [0.05, 0.1) is 5.56 Å². The van der Waals surface area contributed by atoms with Crippen LogP contribution in [0.2, 0.25) is 0 Å². The minimum Gasteiger partial charge on any atom is -0.294 e. The van der Waals surface area contributed by atoms with Gasteiger partial charge in [-0.05, 0) is 17.5 Å². The average molecular weight is 212 g/mol. The van der Waals surface area contributed by atoms with E-state index in [1.807, 2.05) is 20.8 Å². The maximum Gasteiger partial charge on any atom is 0.169 e. The number of benzene rings is 1. The Bertz CT molecular complexity index is 357. The molecule has 0 aliphatic rings. The number of rotatable bonds is 2. The van der Waals surface area contributed by atoms with E-state index in [-0.39, 0.29) is 11.8 Å². The van der Waals surface area contributed by atoms with Gasteiger partial charge >= 0.3 is 0 Å². The second kappa shape index (κ2) is 4.09. The van der Waals surface area contributed by atoms with Crippen LogP contribution in [-0.4, -0.2) is 5.78 Å². The molecule has 1 aromatic carbocycles. The lowest BCUT2D eigenvalue weighted by molar-refractivity contribution is 0.0931. The summed E-state index contributed by atoms with van der Waals surface area (Å²) < 4.78 is 26.4. The molecule has 0 radical (unpaired) electrons. The topological polar surface area (TPSA) is 17.1 Å². The lowest BCUT2D eigenvalue weighted by Crippen LogP contribution is -2.15. The van der Waals surface area contributed by atoms with Gasteiger partial charge in [0, 0.05) is 6.42 Å². The third-order valence-corrected chi connectivity index (χ3v) is 1.93. The Balaban J connectivity index is 3.02. The van der Waals surface area contributed by atoms with Crippen LogP contribution in [0, 0.1) is 17.0 Å². The number of carbonyl (C=O) groups excluding carboxylic acids is 1. The van der Waals surface area contributed by atoms with Gasteiger partial charge in [0.2, 0.25) is 0 Å². The van der Waals surface area contributed by atoms with E-state index in [1.165, 1.54) is 6.07 Å². The van der Waals surface area contributed by atoms with Crippen molar-refractivity contribution in [1.82, 2.24) is 0 Å². The number of carbonyl (C=O) groups is 1. The molecular formula is C12H14F2O. The second-order valence-electron chi connectivity index (χ2n) is 4.76. The number of halogens is 2. The molecule has 1 nitrogen and oxygen atoms in total. The zero-order valence-corrected chi connectivity index (χ0v) is 9.10. The molecule has 0 spiro atoms. The molecule has 0 aliphatic heterocycles. The van der Waals surface area contributed by atoms with Gasteiger partial charge in [0.1, 0.15) is 11.6 Å². The Hall–Kier alpha value is -1.25. The van der Waals surface area contributed by atoms with E-state index in [9.17, 15) is 13.6 Å². The summed E-state index contributed by atoms with van der Waals surface area (Å²) in [4.78, 5) is 11.6. The summed E-state index contributed by atoms with van der Waals surface area (Å²) in [6, 6.07) is 3.44. The van der Waals surface area contributed by atoms with E-state index in [2.05, 4.69) is 0 Å². The van der Waals surface area contributed by atoms with Crippen LogP contribution in [0.4, 0.5) is 8.78 Å². The van der Waals surface area contributed by atoms with Gasteiger partial charge in [0.25, 0.3) is 0 Å². The second-order valence-corrected chi connectivity index (χ2v) is 4.76. The summed E-state index contributed by atoms with van der Waals surface area (Å²) >= 11 is 0. The Morgan fingerprint density at radius 2 is 1.67 bits per heavy atom. The Morgan fingerprint density at radius 3 is 2.07 bits per heavy atom. The van der Waals surface area contributed by atoms with Crippen molar-refractivity contribution in [2.45, 2.75) is 27.2 Å². The first-order valence-corrected chi connectivity index (χ1v) is 4.78. The first kappa shape index (κ1) is 11.8. The Morgan fingerprint density at radius 1 is 1.20 bits per heavy atom. The monoisotopic (exact) mass is 212 g/mol. The highest BCUT2D eigenvalue weighted by atomic mass is 19.1. The minimum absolute atomic E-state index is 0.130. The molecule has 0 aromatic heterocycles. The summed E-state index contributed by atoms with van der Waals surface area (Å²) in [5, 5.41) is 0. The van der Waals surface area contributed by atoms with E-state index in [1.54, 1.807) is 0 Å². The SMILES string of the molecule is CC(C)(C)CC(=O)c1c(F)cccc1F. The quantitative estimate of drug-likeness (QED) is 0.685. The Labute approximate surface area is 88.1 Å². The highest BCUT2D eigenvalue weighted by Crippen LogP contribution is 2.23. The van der Waals surface area contributed by atoms with Crippen molar-refractivity contribution in [1.29, 1.82) is 0 Å². The van der Waals surface area contributed by atoms with E-state index in [4.69, 9.17) is 0 Å². The van der Waals surface area contributed by atoms with Gasteiger partial charge < -0.3 is 0 Å². The van der Waals surface area contributed by atoms with Crippen molar-refractivity contribution in [2.24, 2.45) is 5.41 Å². The van der Waals surface area contributed by atoms with Crippen LogP contribution in [-0.2, 0) is 0 Å². The number of hydrogen-bond donors (Lipinski definition) is 0. The molecule has 0 unspecified atom stereocenters. The van der Waals surface area contributed by atoms with Gasteiger partial charge in [-0.15, -0.1) is 0 Å². The largest absolute Gasteiger partial charge is 0.294 e. The molecular weight excluding hydrogens is 198 g/mol. The number of Topliss-reactive ketones (excluding diaryl/α,β-unsaturated/α-hetero) is 1. The van der Waals surface area contributed by atoms with Crippen molar-refractivity contribution in [3.05, 3.63) is 35.4 Å². The van der Waals surface area contributed by atoms with Gasteiger partial charge in [-0.1, -0.05) is 26.8 Å². The molecule has 15 heavy (non-hydrogen) atoms. The molecule has 0 saturated carbocycles. The summed E-state index contributed by atoms with van der Waals surface area (Å²) in [6.07, 6.45) is 0.130. The van der Waals surface area contributed by atoms with Crippen molar-refractivity contribution in [2.75, 3.05) is 0 Å². The first-order valence-electron chi connectivity index (χ1n) is 4.78. The van der Waals surface area contributed by atoms with Crippen LogP contribution in [0.1, 0.15) is 37.6 Å². The smallest absolute Gasteiger partial charge is 0.169 e. The third-order valence-electron chi connectivity index (χ3n) is 1.93. The van der Waals surface area contributed by atoms with Crippen LogP contribution in [0.3, 0.4) is 0 Å². The lowest BCUT2D eigenvalue weighted by Gasteiger charge is -2.17.